The van der Waals surface area contributed by atoms with E-state index < -0.39 is 12.7 Å². The number of rotatable bonds is 5. The molecular weight excluding hydrogens is 307 g/mol. The maximum Gasteiger partial charge on any atom is 0.406 e. The van der Waals surface area contributed by atoms with E-state index in [0.29, 0.717) is 5.56 Å². The van der Waals surface area contributed by atoms with Crippen molar-refractivity contribution in [2.24, 2.45) is 0 Å². The topological polar surface area (TPSA) is 38.1 Å². The molecule has 1 heterocycles. The Hall–Kier alpha value is -2.31. The van der Waals surface area contributed by atoms with Crippen molar-refractivity contribution in [3.05, 3.63) is 53.6 Å². The molecule has 1 aromatic heterocycles. The third-order valence-corrected chi connectivity index (χ3v) is 3.49. The number of aromatic nitrogens is 2. The van der Waals surface area contributed by atoms with Crippen LogP contribution in [0.3, 0.4) is 0 Å². The molecule has 4 nitrogen and oxygen atoms in total. The summed E-state index contributed by atoms with van der Waals surface area (Å²) in [6.07, 6.45) is -0.889. The summed E-state index contributed by atoms with van der Waals surface area (Å²) in [5.74, 6) is -0.0578. The van der Waals surface area contributed by atoms with Crippen LogP contribution in [0.4, 0.5) is 13.2 Å². The van der Waals surface area contributed by atoms with Gasteiger partial charge in [-0.25, -0.2) is 4.98 Å². The van der Waals surface area contributed by atoms with Gasteiger partial charge in [0.05, 0.1) is 6.54 Å². The van der Waals surface area contributed by atoms with Gasteiger partial charge in [-0.3, -0.25) is 4.79 Å². The van der Waals surface area contributed by atoms with Crippen LogP contribution in [0.1, 0.15) is 28.7 Å². The van der Waals surface area contributed by atoms with Crippen molar-refractivity contribution in [3.63, 3.8) is 0 Å². The van der Waals surface area contributed by atoms with Crippen LogP contribution < -0.4 is 0 Å². The number of halogens is 3. The van der Waals surface area contributed by atoms with Gasteiger partial charge in [0.15, 0.2) is 0 Å². The highest BCUT2D eigenvalue weighted by atomic mass is 19.4. The molecular formula is C16H18F3N3O. The fourth-order valence-electron chi connectivity index (χ4n) is 2.22. The smallest absolute Gasteiger partial charge is 0.334 e. The van der Waals surface area contributed by atoms with E-state index in [1.165, 1.54) is 17.3 Å². The number of aryl methyl sites for hydroxylation is 1. The molecule has 1 amide bonds. The van der Waals surface area contributed by atoms with Gasteiger partial charge >= 0.3 is 6.18 Å². The van der Waals surface area contributed by atoms with Gasteiger partial charge in [-0.15, -0.1) is 0 Å². The highest BCUT2D eigenvalue weighted by Gasteiger charge is 2.29. The van der Waals surface area contributed by atoms with E-state index in [4.69, 9.17) is 0 Å². The Morgan fingerprint density at radius 2 is 1.91 bits per heavy atom. The van der Waals surface area contributed by atoms with Crippen LogP contribution in [0.15, 0.2) is 36.7 Å². The molecule has 0 saturated carbocycles. The van der Waals surface area contributed by atoms with Crippen molar-refractivity contribution in [1.82, 2.24) is 14.5 Å². The predicted molar refractivity (Wildman–Crippen MR) is 79.9 cm³/mol. The molecule has 2 rings (SSSR count). The summed E-state index contributed by atoms with van der Waals surface area (Å²) in [5.41, 5.74) is 1.61. The second-order valence-corrected chi connectivity index (χ2v) is 5.30. The third-order valence-electron chi connectivity index (χ3n) is 3.49. The van der Waals surface area contributed by atoms with Crippen LogP contribution in [0.5, 0.6) is 0 Å². The van der Waals surface area contributed by atoms with E-state index >= 15 is 0 Å². The normalized spacial score (nSPS) is 11.5. The Labute approximate surface area is 132 Å². The first kappa shape index (κ1) is 17.1. The number of nitrogens with zero attached hydrogens (tertiary/aromatic N) is 3. The van der Waals surface area contributed by atoms with Crippen molar-refractivity contribution < 1.29 is 18.0 Å². The van der Waals surface area contributed by atoms with Gasteiger partial charge in [-0.2, -0.15) is 13.2 Å². The van der Waals surface area contributed by atoms with Gasteiger partial charge < -0.3 is 9.47 Å². The number of amides is 1. The van der Waals surface area contributed by atoms with Crippen LogP contribution in [0.25, 0.3) is 0 Å². The third kappa shape index (κ3) is 4.58. The van der Waals surface area contributed by atoms with Crippen molar-refractivity contribution in [3.8, 4) is 0 Å². The summed E-state index contributed by atoms with van der Waals surface area (Å²) in [7, 11) is 1.54. The van der Waals surface area contributed by atoms with Gasteiger partial charge in [0.25, 0.3) is 5.91 Å². The van der Waals surface area contributed by atoms with Crippen LogP contribution in [0, 0.1) is 0 Å². The van der Waals surface area contributed by atoms with Crippen molar-refractivity contribution in [2.75, 3.05) is 7.05 Å². The first-order valence-electron chi connectivity index (χ1n) is 7.21. The zero-order valence-corrected chi connectivity index (χ0v) is 13.0. The molecule has 0 aliphatic heterocycles. The van der Waals surface area contributed by atoms with Crippen molar-refractivity contribution in [1.29, 1.82) is 0 Å². The average Bonchev–Trinajstić information content (AvgIpc) is 2.91. The molecule has 0 N–H and O–H groups in total. The number of alkyl halides is 3. The minimum atomic E-state index is -4.33. The maximum absolute atomic E-state index is 12.5. The Bertz CT molecular complexity index is 662. The number of hydrogen-bond acceptors (Lipinski definition) is 2. The van der Waals surface area contributed by atoms with Gasteiger partial charge in [-0.05, 0) is 24.1 Å². The zero-order valence-electron chi connectivity index (χ0n) is 13.0. The molecule has 23 heavy (non-hydrogen) atoms. The summed E-state index contributed by atoms with van der Waals surface area (Å²) in [5, 5.41) is 0. The Morgan fingerprint density at radius 3 is 2.48 bits per heavy atom. The van der Waals surface area contributed by atoms with E-state index in [9.17, 15) is 18.0 Å². The van der Waals surface area contributed by atoms with E-state index in [2.05, 4.69) is 4.98 Å². The lowest BCUT2D eigenvalue weighted by Gasteiger charge is -2.18. The highest BCUT2D eigenvalue weighted by molar-refractivity contribution is 5.94. The molecule has 0 atom stereocenters. The first-order chi connectivity index (χ1) is 10.8. The fourth-order valence-corrected chi connectivity index (χ4v) is 2.22. The molecule has 0 fully saturated rings. The molecule has 0 radical (unpaired) electrons. The first-order valence-corrected chi connectivity index (χ1v) is 7.21. The van der Waals surface area contributed by atoms with Gasteiger partial charge in [0.2, 0.25) is 0 Å². The van der Waals surface area contributed by atoms with Gasteiger partial charge in [-0.1, -0.05) is 19.1 Å². The lowest BCUT2D eigenvalue weighted by molar-refractivity contribution is -0.141. The summed E-state index contributed by atoms with van der Waals surface area (Å²) in [4.78, 5) is 17.6. The Morgan fingerprint density at radius 1 is 1.26 bits per heavy atom. The fraction of sp³-hybridized carbons (Fsp3) is 0.375. The second-order valence-electron chi connectivity index (χ2n) is 5.30. The van der Waals surface area contributed by atoms with Crippen molar-refractivity contribution >= 4 is 5.91 Å². The lowest BCUT2D eigenvalue weighted by Crippen LogP contribution is -2.29. The molecule has 0 aliphatic carbocycles. The largest absolute Gasteiger partial charge is 0.406 e. The molecule has 7 heteroatoms. The number of hydrogen-bond donors (Lipinski definition) is 0. The maximum atomic E-state index is 12.5. The number of carbonyl (C=O) groups excluding carboxylic acids is 1. The minimum Gasteiger partial charge on any atom is -0.334 e. The lowest BCUT2D eigenvalue weighted by atomic mass is 10.1. The SMILES string of the molecule is CCc1ccc(C(=O)N(C)Cc2nccn2CC(F)(F)F)cc1. The van der Waals surface area contributed by atoms with Crippen LogP contribution >= 0.6 is 0 Å². The quantitative estimate of drug-likeness (QED) is 0.846. The van der Waals surface area contributed by atoms with E-state index in [1.54, 1.807) is 19.2 Å². The predicted octanol–water partition coefficient (Wildman–Crippen LogP) is 3.28. The molecule has 2 aromatic rings. The van der Waals surface area contributed by atoms with Crippen LogP contribution in [0.2, 0.25) is 0 Å². The number of benzene rings is 1. The molecule has 124 valence electrons. The number of imidazole rings is 1. The zero-order chi connectivity index (χ0) is 17.0. The molecule has 0 unspecified atom stereocenters. The van der Waals surface area contributed by atoms with Crippen LogP contribution in [-0.2, 0) is 19.5 Å². The Kier molecular flexibility index (Phi) is 5.08. The van der Waals surface area contributed by atoms with E-state index in [-0.39, 0.29) is 18.3 Å². The molecule has 0 bridgehead atoms. The standard InChI is InChI=1S/C16H18F3N3O/c1-3-12-4-6-13(7-5-12)15(23)21(2)10-14-20-8-9-22(14)11-16(17,18)19/h4-9H,3,10-11H2,1-2H3. The summed E-state index contributed by atoms with van der Waals surface area (Å²) < 4.78 is 38.5. The number of carbonyl (C=O) groups is 1. The average molecular weight is 325 g/mol. The second kappa shape index (κ2) is 6.85. The summed E-state index contributed by atoms with van der Waals surface area (Å²) in [6, 6.07) is 7.18. The molecule has 0 saturated heterocycles. The molecule has 1 aromatic carbocycles. The van der Waals surface area contributed by atoms with Crippen LogP contribution in [-0.4, -0.2) is 33.6 Å². The molecule has 0 spiro atoms. The highest BCUT2D eigenvalue weighted by Crippen LogP contribution is 2.19. The van der Waals surface area contributed by atoms with E-state index in [1.807, 2.05) is 19.1 Å². The van der Waals surface area contributed by atoms with Crippen molar-refractivity contribution in [2.45, 2.75) is 32.6 Å². The molecule has 0 aliphatic rings. The van der Waals surface area contributed by atoms with Gasteiger partial charge in [0, 0.05) is 25.0 Å². The summed E-state index contributed by atoms with van der Waals surface area (Å²) >= 11 is 0. The van der Waals surface area contributed by atoms with E-state index in [0.717, 1.165) is 16.6 Å². The van der Waals surface area contributed by atoms with Gasteiger partial charge in [0.1, 0.15) is 12.4 Å². The monoisotopic (exact) mass is 325 g/mol. The Balaban J connectivity index is 2.08. The minimum absolute atomic E-state index is 0.0114. The summed E-state index contributed by atoms with van der Waals surface area (Å²) in [6.45, 7) is 0.913.